The molecule has 0 aromatic rings. The Labute approximate surface area is 66.2 Å². The summed E-state index contributed by atoms with van der Waals surface area (Å²) < 4.78 is 4.57. The van der Waals surface area contributed by atoms with Gasteiger partial charge in [-0.15, -0.1) is 0 Å². The van der Waals surface area contributed by atoms with Crippen LogP contribution in [0.25, 0.3) is 0 Å². The van der Waals surface area contributed by atoms with Crippen LogP contribution in [0.1, 0.15) is 0 Å². The van der Waals surface area contributed by atoms with Crippen molar-refractivity contribution in [2.75, 3.05) is 13.2 Å². The van der Waals surface area contributed by atoms with E-state index in [-0.39, 0.29) is 28.3 Å². The van der Waals surface area contributed by atoms with Gasteiger partial charge in [-0.05, 0) is 0 Å². The zero-order valence-electron chi connectivity index (χ0n) is 3.35. The molecule has 0 bridgehead atoms. The monoisotopic (exact) mass is 232 g/mol. The Kier molecular flexibility index (Phi) is 16.8. The van der Waals surface area contributed by atoms with E-state index in [2.05, 4.69) is 3.02 Å². The first-order chi connectivity index (χ1) is 2.41. The molecule has 0 aliphatic carbocycles. The molecule has 0 atom stereocenters. The van der Waals surface area contributed by atoms with Gasteiger partial charge in [0.05, 0.1) is 0 Å². The molecule has 0 heterocycles. The molecule has 0 spiro atoms. The molecule has 0 unspecified atom stereocenters. The minimum Gasteiger partial charge on any atom is 0 e. The fraction of sp³-hybridized carbons (Fsp3) is 1.00. The number of hydrogen-bond acceptors (Lipinski definition) is 2. The summed E-state index contributed by atoms with van der Waals surface area (Å²) in [5, 5.41) is 7.96. The van der Waals surface area contributed by atoms with E-state index in [0.717, 1.165) is 23.4 Å². The van der Waals surface area contributed by atoms with E-state index in [4.69, 9.17) is 5.11 Å². The molecule has 0 fully saturated rings. The molecule has 2 nitrogen and oxygen atoms in total. The van der Waals surface area contributed by atoms with Crippen LogP contribution >= 0.6 is 0 Å². The van der Waals surface area contributed by atoms with Gasteiger partial charge in [-0.1, -0.05) is 0 Å². The second-order valence-corrected chi connectivity index (χ2v) is 1.55. The van der Waals surface area contributed by atoms with Gasteiger partial charge in [0, 0.05) is 21.7 Å². The molecule has 0 aromatic carbocycles. The molecule has 6 heavy (non-hydrogen) atoms. The van der Waals surface area contributed by atoms with Crippen molar-refractivity contribution in [2.24, 2.45) is 0 Å². The van der Waals surface area contributed by atoms with Gasteiger partial charge >= 0.3 is 44.8 Å². The van der Waals surface area contributed by atoms with Crippen LogP contribution in [0.15, 0.2) is 0 Å². The largest absolute Gasteiger partial charge is 0 e. The molecule has 0 aliphatic rings. The zero-order valence-corrected chi connectivity index (χ0v) is 8.20. The van der Waals surface area contributed by atoms with Crippen LogP contribution in [0.2, 0.25) is 0 Å². The van der Waals surface area contributed by atoms with Crippen molar-refractivity contribution in [3.05, 3.63) is 0 Å². The first-order valence-corrected chi connectivity index (χ1v) is 2.69. The molecule has 36 valence electrons. The molecule has 4 heteroatoms. The van der Waals surface area contributed by atoms with Crippen LogP contribution in [0.3, 0.4) is 0 Å². The maximum absolute atomic E-state index is 7.96. The van der Waals surface area contributed by atoms with Crippen LogP contribution < -0.4 is 0 Å². The summed E-state index contributed by atoms with van der Waals surface area (Å²) in [4.78, 5) is 0. The Balaban J connectivity index is 0. The van der Waals surface area contributed by atoms with E-state index in [1.807, 2.05) is 0 Å². The first kappa shape index (κ1) is 10.4. The maximum atomic E-state index is 7.96. The normalized spacial score (nSPS) is 7.00. The number of aliphatic hydroxyl groups excluding tert-OH is 1. The van der Waals surface area contributed by atoms with E-state index in [1.54, 1.807) is 0 Å². The van der Waals surface area contributed by atoms with E-state index < -0.39 is 0 Å². The Hall–Kier alpha value is 1.45. The van der Waals surface area contributed by atoms with Crippen LogP contribution in [0, 0.1) is 0 Å². The predicted molar refractivity (Wildman–Crippen MR) is 21.6 cm³/mol. The molecule has 0 saturated heterocycles. The molecule has 0 saturated carbocycles. The third kappa shape index (κ3) is 9.07. The molecule has 0 aromatic heterocycles. The molecular weight excluding hydrogens is 226 g/mol. The Morgan fingerprint density at radius 3 is 2.17 bits per heavy atom. The molecule has 0 radical (unpaired) electrons. The summed E-state index contributed by atoms with van der Waals surface area (Å²) in [6, 6.07) is 0. The second kappa shape index (κ2) is 9.68. The van der Waals surface area contributed by atoms with Gasteiger partial charge in [0.2, 0.25) is 0 Å². The minimum atomic E-state index is 0. The predicted octanol–water partition coefficient (Wildman–Crippen LogP) is -1.46. The van der Waals surface area contributed by atoms with Crippen molar-refractivity contribution in [3.63, 3.8) is 0 Å². The van der Waals surface area contributed by atoms with Crippen LogP contribution in [0.5, 0.6) is 0 Å². The van der Waals surface area contributed by atoms with Crippen LogP contribution in [-0.4, -0.2) is 41.8 Å². The van der Waals surface area contributed by atoms with Gasteiger partial charge in [-0.3, -0.25) is 0 Å². The smallest absolute Gasteiger partial charge is 0 e. The summed E-state index contributed by atoms with van der Waals surface area (Å²) in [5.41, 5.74) is 0. The summed E-state index contributed by atoms with van der Waals surface area (Å²) in [6.07, 6.45) is 0. The van der Waals surface area contributed by atoms with Crippen molar-refractivity contribution in [1.29, 1.82) is 0 Å². The van der Waals surface area contributed by atoms with Crippen molar-refractivity contribution in [2.45, 2.75) is 0 Å². The standard InChI is InChI=1S/C2H5O2.Sb.Ti.2H/c3-1-2-4;;;;/h3H,1-2H2;;;;/q-1;+1;;;. The Bertz CT molecular complexity index is 19.0. The average Bonchev–Trinajstić information content (AvgIpc) is 1.41. The van der Waals surface area contributed by atoms with Crippen molar-refractivity contribution >= 4 is 23.4 Å². The molecule has 0 amide bonds. The fourth-order valence-electron chi connectivity index (χ4n) is 0.0527. The summed E-state index contributed by atoms with van der Waals surface area (Å²) >= 11 is 0.791. The van der Waals surface area contributed by atoms with E-state index in [0.29, 0.717) is 6.61 Å². The maximum Gasteiger partial charge on any atom is 0 e. The second-order valence-electron chi connectivity index (χ2n) is 0.594. The van der Waals surface area contributed by atoms with Crippen LogP contribution in [0.4, 0.5) is 0 Å². The Morgan fingerprint density at radius 2 is 2.17 bits per heavy atom. The number of rotatable bonds is 2. The summed E-state index contributed by atoms with van der Waals surface area (Å²) in [5.74, 6) is 0. The van der Waals surface area contributed by atoms with Gasteiger partial charge in [-0.2, -0.15) is 0 Å². The summed E-state index contributed by atoms with van der Waals surface area (Å²) in [7, 11) is 0. The average molecular weight is 233 g/mol. The van der Waals surface area contributed by atoms with Crippen molar-refractivity contribution in [1.82, 2.24) is 0 Å². The Morgan fingerprint density at radius 1 is 1.67 bits per heavy atom. The topological polar surface area (TPSA) is 29.5 Å². The van der Waals surface area contributed by atoms with E-state index in [1.165, 1.54) is 0 Å². The zero-order chi connectivity index (χ0) is 4.12. The van der Waals surface area contributed by atoms with Crippen molar-refractivity contribution in [3.8, 4) is 0 Å². The number of hydrogen-bond donors (Lipinski definition) is 1. The quantitative estimate of drug-likeness (QED) is 0.590. The van der Waals surface area contributed by atoms with Gasteiger partial charge < -0.3 is 0 Å². The minimum absolute atomic E-state index is 0. The molecule has 0 aliphatic heterocycles. The van der Waals surface area contributed by atoms with Crippen LogP contribution in [-0.2, 0) is 24.7 Å². The van der Waals surface area contributed by atoms with E-state index in [9.17, 15) is 0 Å². The molecular formula is C2H7O2SbTi. The molecule has 0 rings (SSSR count). The first-order valence-electron chi connectivity index (χ1n) is 1.34. The van der Waals surface area contributed by atoms with Crippen molar-refractivity contribution < 1.29 is 29.8 Å². The molecule has 1 N–H and O–H groups in total. The van der Waals surface area contributed by atoms with Gasteiger partial charge in [-0.25, -0.2) is 0 Å². The summed E-state index contributed by atoms with van der Waals surface area (Å²) in [6.45, 7) is 0.656. The SMILES string of the molecule is OCC[O][SbH2].[Ti]. The third-order valence-corrected chi connectivity index (χ3v) is 0.882. The third-order valence-electron chi connectivity index (χ3n) is 0.209. The number of aliphatic hydroxyl groups is 1. The van der Waals surface area contributed by atoms with Gasteiger partial charge in [0.25, 0.3) is 0 Å². The van der Waals surface area contributed by atoms with Gasteiger partial charge in [0.1, 0.15) is 0 Å². The van der Waals surface area contributed by atoms with Gasteiger partial charge in [0.15, 0.2) is 0 Å². The van der Waals surface area contributed by atoms with E-state index >= 15 is 0 Å². The fourth-order valence-corrected chi connectivity index (χ4v) is 0.354.